The summed E-state index contributed by atoms with van der Waals surface area (Å²) in [6.45, 7) is 0.334. The van der Waals surface area contributed by atoms with Crippen molar-refractivity contribution >= 4 is 0 Å². The molecule has 0 aromatic heterocycles. The molecule has 0 unspecified atom stereocenters. The molecule has 0 aliphatic carbocycles. The van der Waals surface area contributed by atoms with Gasteiger partial charge in [0.05, 0.1) is 0 Å². The van der Waals surface area contributed by atoms with Gasteiger partial charge in [-0.1, -0.05) is 73.9 Å². The minimum absolute atomic E-state index is 0.334. The highest BCUT2D eigenvalue weighted by molar-refractivity contribution is 5.63. The Balaban J connectivity index is 1.77. The van der Waals surface area contributed by atoms with Crippen molar-refractivity contribution in [2.75, 3.05) is 6.61 Å². The lowest BCUT2D eigenvalue weighted by Crippen LogP contribution is -1.88. The summed E-state index contributed by atoms with van der Waals surface area (Å²) in [6, 6.07) is 19.4. The normalized spacial score (nSPS) is 10.7. The van der Waals surface area contributed by atoms with Gasteiger partial charge in [0.1, 0.15) is 0 Å². The van der Waals surface area contributed by atoms with Gasteiger partial charge in [-0.15, -0.1) is 0 Å². The van der Waals surface area contributed by atoms with Crippen LogP contribution in [-0.2, 0) is 6.42 Å². The average Bonchev–Trinajstić information content (AvgIpc) is 2.52. The Morgan fingerprint density at radius 1 is 0.600 bits per heavy atom. The molecule has 0 atom stereocenters. The van der Waals surface area contributed by atoms with Crippen molar-refractivity contribution < 1.29 is 5.11 Å². The molecule has 1 nitrogen and oxygen atoms in total. The quantitative estimate of drug-likeness (QED) is 0.679. The van der Waals surface area contributed by atoms with Gasteiger partial charge in [0.25, 0.3) is 0 Å². The minimum atomic E-state index is 0.334. The average molecular weight is 268 g/mol. The van der Waals surface area contributed by atoms with Crippen molar-refractivity contribution in [1.29, 1.82) is 0 Å². The van der Waals surface area contributed by atoms with Crippen LogP contribution in [0.2, 0.25) is 0 Å². The van der Waals surface area contributed by atoms with Gasteiger partial charge in [-0.05, 0) is 36.0 Å². The van der Waals surface area contributed by atoms with Crippen LogP contribution in [0.5, 0.6) is 0 Å². The summed E-state index contributed by atoms with van der Waals surface area (Å²) in [7, 11) is 0. The zero-order chi connectivity index (χ0) is 14.0. The highest BCUT2D eigenvalue weighted by Gasteiger charge is 1.98. The number of aryl methyl sites for hydroxylation is 1. The molecule has 2 aromatic rings. The van der Waals surface area contributed by atoms with Crippen molar-refractivity contribution in [1.82, 2.24) is 0 Å². The molecule has 106 valence electrons. The summed E-state index contributed by atoms with van der Waals surface area (Å²) in [5.74, 6) is 0. The van der Waals surface area contributed by atoms with E-state index in [-0.39, 0.29) is 0 Å². The Kier molecular flexibility index (Phi) is 6.33. The van der Waals surface area contributed by atoms with Gasteiger partial charge in [0.15, 0.2) is 0 Å². The number of unbranched alkanes of at least 4 members (excludes halogenated alkanes) is 4. The van der Waals surface area contributed by atoms with Crippen LogP contribution in [-0.4, -0.2) is 11.7 Å². The zero-order valence-electron chi connectivity index (χ0n) is 12.1. The van der Waals surface area contributed by atoms with Gasteiger partial charge in [0, 0.05) is 6.61 Å². The van der Waals surface area contributed by atoms with E-state index in [0.29, 0.717) is 6.61 Å². The summed E-state index contributed by atoms with van der Waals surface area (Å²) in [6.07, 6.45) is 7.02. The molecule has 1 N–H and O–H groups in total. The summed E-state index contributed by atoms with van der Waals surface area (Å²) < 4.78 is 0. The standard InChI is InChI=1S/C19H24O/c20-16-8-3-1-2-5-9-17-12-14-19(15-13-17)18-10-6-4-7-11-18/h4,6-7,10-15,20H,1-3,5,8-9,16H2. The van der Waals surface area contributed by atoms with Crippen molar-refractivity contribution in [2.45, 2.75) is 38.5 Å². The molecule has 0 fully saturated rings. The van der Waals surface area contributed by atoms with Crippen molar-refractivity contribution in [2.24, 2.45) is 0 Å². The first-order valence-electron chi connectivity index (χ1n) is 7.65. The Bertz CT molecular complexity index is 473. The fourth-order valence-electron chi connectivity index (χ4n) is 2.47. The van der Waals surface area contributed by atoms with Crippen LogP contribution in [0.3, 0.4) is 0 Å². The van der Waals surface area contributed by atoms with Crippen LogP contribution in [0.25, 0.3) is 11.1 Å². The minimum Gasteiger partial charge on any atom is -0.396 e. The molecule has 2 rings (SSSR count). The van der Waals surface area contributed by atoms with Gasteiger partial charge >= 0.3 is 0 Å². The van der Waals surface area contributed by atoms with Crippen LogP contribution in [0.15, 0.2) is 54.6 Å². The lowest BCUT2D eigenvalue weighted by Gasteiger charge is -2.05. The van der Waals surface area contributed by atoms with E-state index in [2.05, 4.69) is 54.6 Å². The summed E-state index contributed by atoms with van der Waals surface area (Å²) in [4.78, 5) is 0. The maximum absolute atomic E-state index is 8.72. The maximum Gasteiger partial charge on any atom is 0.0431 e. The van der Waals surface area contributed by atoms with Gasteiger partial charge in [0.2, 0.25) is 0 Å². The number of hydrogen-bond acceptors (Lipinski definition) is 1. The SMILES string of the molecule is OCCCCCCCc1ccc(-c2ccccc2)cc1. The number of aliphatic hydroxyl groups is 1. The van der Waals surface area contributed by atoms with Crippen LogP contribution in [0.1, 0.15) is 37.7 Å². The van der Waals surface area contributed by atoms with Crippen molar-refractivity contribution in [3.8, 4) is 11.1 Å². The Morgan fingerprint density at radius 3 is 1.90 bits per heavy atom. The van der Waals surface area contributed by atoms with Gasteiger partial charge < -0.3 is 5.11 Å². The zero-order valence-corrected chi connectivity index (χ0v) is 12.1. The molecular formula is C19H24O. The maximum atomic E-state index is 8.72. The van der Waals surface area contributed by atoms with E-state index in [1.165, 1.54) is 36.0 Å². The van der Waals surface area contributed by atoms with E-state index < -0.39 is 0 Å². The Labute approximate surface area is 122 Å². The van der Waals surface area contributed by atoms with Crippen LogP contribution >= 0.6 is 0 Å². The lowest BCUT2D eigenvalue weighted by molar-refractivity contribution is 0.282. The number of benzene rings is 2. The van der Waals surface area contributed by atoms with Crippen LogP contribution < -0.4 is 0 Å². The first-order valence-corrected chi connectivity index (χ1v) is 7.65. The first-order chi connectivity index (χ1) is 9.90. The molecule has 0 radical (unpaired) electrons. The van der Waals surface area contributed by atoms with Gasteiger partial charge in [-0.2, -0.15) is 0 Å². The fraction of sp³-hybridized carbons (Fsp3) is 0.368. The highest BCUT2D eigenvalue weighted by Crippen LogP contribution is 2.20. The van der Waals surface area contributed by atoms with E-state index >= 15 is 0 Å². The smallest absolute Gasteiger partial charge is 0.0431 e. The predicted molar refractivity (Wildman–Crippen MR) is 85.8 cm³/mol. The molecule has 0 amide bonds. The fourth-order valence-corrected chi connectivity index (χ4v) is 2.47. The summed E-state index contributed by atoms with van der Waals surface area (Å²) in [5, 5.41) is 8.72. The van der Waals surface area contributed by atoms with Crippen molar-refractivity contribution in [3.05, 3.63) is 60.2 Å². The topological polar surface area (TPSA) is 20.2 Å². The first kappa shape index (κ1) is 14.8. The van der Waals surface area contributed by atoms with Crippen molar-refractivity contribution in [3.63, 3.8) is 0 Å². The molecule has 0 saturated heterocycles. The third-order valence-electron chi connectivity index (χ3n) is 3.68. The number of hydrogen-bond donors (Lipinski definition) is 1. The molecule has 0 aliphatic rings. The molecule has 0 aliphatic heterocycles. The number of rotatable bonds is 8. The molecular weight excluding hydrogens is 244 g/mol. The second kappa shape index (κ2) is 8.55. The Hall–Kier alpha value is -1.60. The van der Waals surface area contributed by atoms with E-state index in [1.54, 1.807) is 0 Å². The monoisotopic (exact) mass is 268 g/mol. The largest absolute Gasteiger partial charge is 0.396 e. The summed E-state index contributed by atoms with van der Waals surface area (Å²) in [5.41, 5.74) is 3.99. The van der Waals surface area contributed by atoms with Gasteiger partial charge in [-0.25, -0.2) is 0 Å². The van der Waals surface area contributed by atoms with E-state index in [1.807, 2.05) is 0 Å². The van der Waals surface area contributed by atoms with Gasteiger partial charge in [-0.3, -0.25) is 0 Å². The second-order valence-corrected chi connectivity index (χ2v) is 5.30. The predicted octanol–water partition coefficient (Wildman–Crippen LogP) is 4.84. The second-order valence-electron chi connectivity index (χ2n) is 5.30. The molecule has 20 heavy (non-hydrogen) atoms. The number of aliphatic hydroxyl groups excluding tert-OH is 1. The molecule has 0 bridgehead atoms. The lowest BCUT2D eigenvalue weighted by atomic mass is 10.0. The van der Waals surface area contributed by atoms with Crippen LogP contribution in [0, 0.1) is 0 Å². The van der Waals surface area contributed by atoms with E-state index in [4.69, 9.17) is 5.11 Å². The molecule has 2 aromatic carbocycles. The molecule has 0 saturated carbocycles. The molecule has 0 spiro atoms. The molecule has 1 heteroatoms. The van der Waals surface area contributed by atoms with E-state index in [9.17, 15) is 0 Å². The highest BCUT2D eigenvalue weighted by atomic mass is 16.2. The Morgan fingerprint density at radius 2 is 1.20 bits per heavy atom. The molecule has 0 heterocycles. The summed E-state index contributed by atoms with van der Waals surface area (Å²) >= 11 is 0. The third kappa shape index (κ3) is 4.82. The third-order valence-corrected chi connectivity index (χ3v) is 3.68. The van der Waals surface area contributed by atoms with Crippen LogP contribution in [0.4, 0.5) is 0 Å². The van der Waals surface area contributed by atoms with E-state index in [0.717, 1.165) is 19.3 Å².